The molecule has 3 heterocycles. The van der Waals surface area contributed by atoms with Gasteiger partial charge in [0.05, 0.1) is 17.4 Å². The number of ether oxygens (including phenoxy) is 2. The number of thiophene rings is 2. The van der Waals surface area contributed by atoms with Gasteiger partial charge in [-0.3, -0.25) is 0 Å². The van der Waals surface area contributed by atoms with E-state index in [2.05, 4.69) is 19.1 Å². The first-order chi connectivity index (χ1) is 12.0. The highest BCUT2D eigenvalue weighted by molar-refractivity contribution is 7.14. The summed E-state index contributed by atoms with van der Waals surface area (Å²) in [5.74, 6) is -0.250. The smallest absolute Gasteiger partial charge is 0.343 e. The fourth-order valence-electron chi connectivity index (χ4n) is 2.85. The van der Waals surface area contributed by atoms with Crippen molar-refractivity contribution in [3.8, 4) is 11.8 Å². The third-order valence-corrected chi connectivity index (χ3v) is 6.46. The Morgan fingerprint density at radius 1 is 1.40 bits per heavy atom. The van der Waals surface area contributed by atoms with Gasteiger partial charge in [-0.15, -0.1) is 22.7 Å². The van der Waals surface area contributed by atoms with Crippen LogP contribution in [0.15, 0.2) is 23.6 Å². The Hall–Kier alpha value is -2.30. The third-order valence-electron chi connectivity index (χ3n) is 4.01. The van der Waals surface area contributed by atoms with Crippen molar-refractivity contribution in [1.82, 2.24) is 0 Å². The van der Waals surface area contributed by atoms with E-state index in [-0.39, 0.29) is 18.4 Å². The minimum atomic E-state index is -0.426. The second-order valence-electron chi connectivity index (χ2n) is 5.53. The molecular weight excluding hydrogens is 356 g/mol. The fourth-order valence-corrected chi connectivity index (χ4v) is 5.20. The number of nitriles is 1. The van der Waals surface area contributed by atoms with Crippen LogP contribution < -0.4 is 10.5 Å². The zero-order chi connectivity index (χ0) is 18.1. The first-order valence-electron chi connectivity index (χ1n) is 7.98. The molecule has 0 saturated carbocycles. The van der Waals surface area contributed by atoms with Gasteiger partial charge in [0.1, 0.15) is 17.2 Å². The molecule has 0 aliphatic carbocycles. The van der Waals surface area contributed by atoms with E-state index in [0.29, 0.717) is 16.9 Å². The van der Waals surface area contributed by atoms with Crippen LogP contribution in [0.3, 0.4) is 0 Å². The van der Waals surface area contributed by atoms with Crippen LogP contribution in [0.25, 0.3) is 0 Å². The molecule has 25 heavy (non-hydrogen) atoms. The van der Waals surface area contributed by atoms with Crippen LogP contribution in [0.5, 0.6) is 5.75 Å². The molecule has 2 aromatic rings. The molecule has 3 rings (SSSR count). The number of carbonyl (C=O) groups is 1. The van der Waals surface area contributed by atoms with Crippen molar-refractivity contribution < 1.29 is 14.3 Å². The largest absolute Gasteiger partial charge is 0.462 e. The van der Waals surface area contributed by atoms with Crippen LogP contribution in [0.1, 0.15) is 49.6 Å². The number of carbonyl (C=O) groups excluding carboxylic acids is 1. The van der Waals surface area contributed by atoms with Gasteiger partial charge in [-0.2, -0.15) is 5.26 Å². The highest BCUT2D eigenvalue weighted by Gasteiger charge is 2.37. The lowest BCUT2D eigenvalue weighted by Gasteiger charge is -2.23. The molecule has 0 bridgehead atoms. The second-order valence-corrected chi connectivity index (χ2v) is 7.99. The number of esters is 1. The Morgan fingerprint density at radius 3 is 2.76 bits per heavy atom. The van der Waals surface area contributed by atoms with Gasteiger partial charge in [-0.05, 0) is 32.4 Å². The third kappa shape index (κ3) is 2.92. The molecule has 130 valence electrons. The Labute approximate surface area is 154 Å². The first-order valence-corrected chi connectivity index (χ1v) is 9.61. The van der Waals surface area contributed by atoms with Crippen molar-refractivity contribution in [3.63, 3.8) is 0 Å². The molecule has 2 N–H and O–H groups in total. The summed E-state index contributed by atoms with van der Waals surface area (Å²) in [6.07, 6.45) is 0.930. The maximum Gasteiger partial charge on any atom is 0.343 e. The van der Waals surface area contributed by atoms with Gasteiger partial charge in [-0.1, -0.05) is 6.92 Å². The Balaban J connectivity index is 2.18. The topological polar surface area (TPSA) is 85.3 Å². The minimum absolute atomic E-state index is 0.0507. The van der Waals surface area contributed by atoms with Crippen LogP contribution in [0, 0.1) is 18.3 Å². The normalized spacial score (nSPS) is 16.2. The number of fused-ring (bicyclic) bond motifs is 1. The van der Waals surface area contributed by atoms with Crippen molar-refractivity contribution in [3.05, 3.63) is 48.7 Å². The van der Waals surface area contributed by atoms with E-state index in [0.717, 1.165) is 21.1 Å². The molecule has 5 nitrogen and oxygen atoms in total. The molecule has 0 spiro atoms. The molecular formula is C18H18N2O3S2. The maximum atomic E-state index is 12.3. The highest BCUT2D eigenvalue weighted by atomic mass is 32.1. The second kappa shape index (κ2) is 6.90. The van der Waals surface area contributed by atoms with E-state index in [1.165, 1.54) is 16.2 Å². The van der Waals surface area contributed by atoms with Gasteiger partial charge in [-0.25, -0.2) is 4.79 Å². The molecule has 1 aliphatic heterocycles. The number of aryl methyl sites for hydroxylation is 2. The quantitative estimate of drug-likeness (QED) is 0.815. The van der Waals surface area contributed by atoms with Crippen LogP contribution in [-0.2, 0) is 11.2 Å². The molecule has 1 aliphatic rings. The van der Waals surface area contributed by atoms with Crippen molar-refractivity contribution in [2.24, 2.45) is 5.73 Å². The van der Waals surface area contributed by atoms with Crippen molar-refractivity contribution in [1.29, 1.82) is 5.26 Å². The van der Waals surface area contributed by atoms with E-state index in [1.54, 1.807) is 18.3 Å². The SMILES string of the molecule is CCOC(=O)c1c(C)sc2c1OC(N)=C(C#N)[C@@H]2c1ccc(CC)s1. The number of hydrogen-bond acceptors (Lipinski definition) is 7. The van der Waals surface area contributed by atoms with Gasteiger partial charge in [0.15, 0.2) is 5.75 Å². The molecule has 2 aromatic heterocycles. The van der Waals surface area contributed by atoms with Gasteiger partial charge in [0.2, 0.25) is 5.88 Å². The summed E-state index contributed by atoms with van der Waals surface area (Å²) in [6.45, 7) is 5.99. The van der Waals surface area contributed by atoms with E-state index in [4.69, 9.17) is 15.2 Å². The summed E-state index contributed by atoms with van der Waals surface area (Å²) in [5, 5.41) is 9.60. The predicted molar refractivity (Wildman–Crippen MR) is 98.0 cm³/mol. The molecule has 7 heteroatoms. The summed E-state index contributed by atoms with van der Waals surface area (Å²) >= 11 is 3.10. The van der Waals surface area contributed by atoms with Crippen molar-refractivity contribution in [2.75, 3.05) is 6.61 Å². The van der Waals surface area contributed by atoms with Crippen molar-refractivity contribution in [2.45, 2.75) is 33.1 Å². The number of rotatable bonds is 4. The van der Waals surface area contributed by atoms with E-state index >= 15 is 0 Å². The highest BCUT2D eigenvalue weighted by Crippen LogP contribution is 2.50. The number of hydrogen-bond donors (Lipinski definition) is 1. The van der Waals surface area contributed by atoms with Crippen LogP contribution in [0.4, 0.5) is 0 Å². The zero-order valence-corrected chi connectivity index (χ0v) is 15.8. The number of nitrogens with two attached hydrogens (primary N) is 1. The standard InChI is InChI=1S/C18H18N2O3S2/c1-4-10-6-7-12(25-10)14-11(8-19)17(20)23-15-13(18(21)22-5-2)9(3)24-16(14)15/h6-7,14H,4-5,20H2,1-3H3/t14-/m1/s1. The molecule has 0 saturated heterocycles. The molecule has 1 atom stereocenters. The van der Waals surface area contributed by atoms with Gasteiger partial charge < -0.3 is 15.2 Å². The molecule has 0 aromatic carbocycles. The van der Waals surface area contributed by atoms with Crippen LogP contribution in [0.2, 0.25) is 0 Å². The van der Waals surface area contributed by atoms with Gasteiger partial charge >= 0.3 is 5.97 Å². The van der Waals surface area contributed by atoms with Crippen molar-refractivity contribution >= 4 is 28.6 Å². The van der Waals surface area contributed by atoms with Crippen LogP contribution in [-0.4, -0.2) is 12.6 Å². The number of nitrogens with zero attached hydrogens (tertiary/aromatic N) is 1. The summed E-state index contributed by atoms with van der Waals surface area (Å²) in [6, 6.07) is 6.26. The minimum Gasteiger partial charge on any atom is -0.462 e. The van der Waals surface area contributed by atoms with E-state index in [1.807, 2.05) is 13.0 Å². The summed E-state index contributed by atoms with van der Waals surface area (Å²) in [5.41, 5.74) is 6.80. The molecule has 0 radical (unpaired) electrons. The lowest BCUT2D eigenvalue weighted by atomic mass is 9.93. The fraction of sp³-hybridized carbons (Fsp3) is 0.333. The summed E-state index contributed by atoms with van der Waals surface area (Å²) in [7, 11) is 0. The lowest BCUT2D eigenvalue weighted by Crippen LogP contribution is -2.20. The summed E-state index contributed by atoms with van der Waals surface area (Å²) in [4.78, 5) is 16.2. The average molecular weight is 374 g/mol. The predicted octanol–water partition coefficient (Wildman–Crippen LogP) is 4.08. The summed E-state index contributed by atoms with van der Waals surface area (Å²) < 4.78 is 10.8. The Morgan fingerprint density at radius 2 is 2.16 bits per heavy atom. The number of allylic oxidation sites excluding steroid dienone is 1. The monoisotopic (exact) mass is 374 g/mol. The van der Waals surface area contributed by atoms with E-state index in [9.17, 15) is 10.1 Å². The average Bonchev–Trinajstić information content (AvgIpc) is 3.17. The maximum absolute atomic E-state index is 12.3. The molecule has 0 amide bonds. The van der Waals surface area contributed by atoms with E-state index < -0.39 is 5.97 Å². The van der Waals surface area contributed by atoms with Crippen LogP contribution >= 0.6 is 22.7 Å². The molecule has 0 unspecified atom stereocenters. The molecule has 0 fully saturated rings. The zero-order valence-electron chi connectivity index (χ0n) is 14.2. The van der Waals surface area contributed by atoms with Gasteiger partial charge in [0, 0.05) is 14.6 Å². The Bertz CT molecular complexity index is 902. The van der Waals surface area contributed by atoms with Gasteiger partial charge in [0.25, 0.3) is 0 Å². The Kier molecular flexibility index (Phi) is 4.84. The first kappa shape index (κ1) is 17.5. The lowest BCUT2D eigenvalue weighted by molar-refractivity contribution is 0.0522.